The third kappa shape index (κ3) is 5.11. The van der Waals surface area contributed by atoms with Crippen molar-refractivity contribution in [2.45, 2.75) is 55.4 Å². The number of ether oxygens (including phenoxy) is 1. The smallest absolute Gasteiger partial charge is 0.315 e. The molecule has 4 saturated carbocycles. The lowest BCUT2D eigenvalue weighted by molar-refractivity contribution is -0.116. The minimum atomic E-state index is -3.74. The fourth-order valence-electron chi connectivity index (χ4n) is 6.21. The van der Waals surface area contributed by atoms with Gasteiger partial charge in [0, 0.05) is 38.3 Å². The van der Waals surface area contributed by atoms with Crippen molar-refractivity contribution in [3.8, 4) is 5.75 Å². The number of methoxy groups -OCH3 is 1. The van der Waals surface area contributed by atoms with Crippen molar-refractivity contribution in [3.63, 3.8) is 0 Å². The number of hydrogen-bond donors (Lipinski definition) is 3. The van der Waals surface area contributed by atoms with Gasteiger partial charge < -0.3 is 20.7 Å². The molecule has 1 aromatic carbocycles. The standard InChI is InChI=1S/C23H34N4O5S/c1-27(2)33(30,31)20-11-18(4-5-19(20)32-3)25-21(28)6-7-24-22(29)26-23-12-15-8-16(13-23)10-17(9-15)14-23/h4-5,11,15-17H,6-10,12-14H2,1-3H3,(H,25,28)(H2,24,26,29). The van der Waals surface area contributed by atoms with Gasteiger partial charge in [0.25, 0.3) is 0 Å². The highest BCUT2D eigenvalue weighted by Crippen LogP contribution is 2.55. The van der Waals surface area contributed by atoms with Gasteiger partial charge in [0.2, 0.25) is 15.9 Å². The van der Waals surface area contributed by atoms with Crippen molar-refractivity contribution in [2.75, 3.05) is 33.1 Å². The van der Waals surface area contributed by atoms with Crippen LogP contribution in [0.1, 0.15) is 44.9 Å². The summed E-state index contributed by atoms with van der Waals surface area (Å²) in [5, 5.41) is 8.73. The maximum Gasteiger partial charge on any atom is 0.315 e. The molecule has 0 aliphatic heterocycles. The first-order valence-corrected chi connectivity index (χ1v) is 13.0. The van der Waals surface area contributed by atoms with E-state index < -0.39 is 10.0 Å². The third-order valence-electron chi connectivity index (χ3n) is 7.26. The van der Waals surface area contributed by atoms with E-state index in [1.807, 2.05) is 0 Å². The number of hydrogen-bond acceptors (Lipinski definition) is 5. The number of urea groups is 1. The highest BCUT2D eigenvalue weighted by Gasteiger charge is 2.51. The second-order valence-electron chi connectivity index (χ2n) is 10.0. The molecule has 0 spiro atoms. The molecule has 33 heavy (non-hydrogen) atoms. The molecule has 3 amide bonds. The van der Waals surface area contributed by atoms with Crippen LogP contribution in [0.5, 0.6) is 5.75 Å². The molecule has 5 rings (SSSR count). The zero-order chi connectivity index (χ0) is 23.8. The van der Waals surface area contributed by atoms with E-state index in [1.54, 1.807) is 6.07 Å². The number of anilines is 1. The summed E-state index contributed by atoms with van der Waals surface area (Å²) in [5.74, 6) is 2.11. The highest BCUT2D eigenvalue weighted by molar-refractivity contribution is 7.89. The average Bonchev–Trinajstić information content (AvgIpc) is 2.72. The number of benzene rings is 1. The van der Waals surface area contributed by atoms with Gasteiger partial charge in [0.1, 0.15) is 10.6 Å². The van der Waals surface area contributed by atoms with Crippen LogP contribution in [0, 0.1) is 17.8 Å². The molecule has 10 heteroatoms. The predicted octanol–water partition coefficient (Wildman–Crippen LogP) is 2.54. The molecule has 0 saturated heterocycles. The Labute approximate surface area is 195 Å². The SMILES string of the molecule is COc1ccc(NC(=O)CCNC(=O)NC23CC4CC(CC(C4)C2)C3)cc1S(=O)(=O)N(C)C. The molecule has 9 nitrogen and oxygen atoms in total. The Morgan fingerprint density at radius 2 is 1.70 bits per heavy atom. The molecule has 3 N–H and O–H groups in total. The van der Waals surface area contributed by atoms with Crippen molar-refractivity contribution < 1.29 is 22.7 Å². The van der Waals surface area contributed by atoms with Crippen molar-refractivity contribution >= 4 is 27.6 Å². The van der Waals surface area contributed by atoms with Gasteiger partial charge in [-0.2, -0.15) is 0 Å². The topological polar surface area (TPSA) is 117 Å². The lowest BCUT2D eigenvalue weighted by atomic mass is 9.53. The summed E-state index contributed by atoms with van der Waals surface area (Å²) in [4.78, 5) is 24.9. The summed E-state index contributed by atoms with van der Waals surface area (Å²) >= 11 is 0. The van der Waals surface area contributed by atoms with E-state index >= 15 is 0 Å². The second-order valence-corrected chi connectivity index (χ2v) is 12.2. The first-order chi connectivity index (χ1) is 15.6. The van der Waals surface area contributed by atoms with E-state index in [1.165, 1.54) is 52.6 Å². The Bertz CT molecular complexity index is 988. The van der Waals surface area contributed by atoms with Gasteiger partial charge in [0.15, 0.2) is 0 Å². The molecule has 0 radical (unpaired) electrons. The Balaban J connectivity index is 1.28. The van der Waals surface area contributed by atoms with E-state index in [4.69, 9.17) is 4.74 Å². The molecule has 4 aliphatic rings. The van der Waals surface area contributed by atoms with Crippen LogP contribution in [0.15, 0.2) is 23.1 Å². The van der Waals surface area contributed by atoms with Crippen molar-refractivity contribution in [1.82, 2.24) is 14.9 Å². The van der Waals surface area contributed by atoms with Crippen LogP contribution in [0.25, 0.3) is 0 Å². The van der Waals surface area contributed by atoms with Crippen LogP contribution in [0.4, 0.5) is 10.5 Å². The molecule has 1 aromatic rings. The van der Waals surface area contributed by atoms with Crippen molar-refractivity contribution in [3.05, 3.63) is 18.2 Å². The number of amides is 3. The highest BCUT2D eigenvalue weighted by atomic mass is 32.2. The van der Waals surface area contributed by atoms with Gasteiger partial charge in [0.05, 0.1) is 7.11 Å². The molecule has 4 bridgehead atoms. The maximum atomic E-state index is 12.5. The fraction of sp³-hybridized carbons (Fsp3) is 0.652. The van der Waals surface area contributed by atoms with Gasteiger partial charge in [-0.1, -0.05) is 0 Å². The van der Waals surface area contributed by atoms with E-state index in [9.17, 15) is 18.0 Å². The molecular formula is C23H34N4O5S. The first kappa shape index (κ1) is 23.8. The largest absolute Gasteiger partial charge is 0.495 e. The Morgan fingerprint density at radius 1 is 1.09 bits per heavy atom. The van der Waals surface area contributed by atoms with Crippen LogP contribution >= 0.6 is 0 Å². The van der Waals surface area contributed by atoms with E-state index in [0.717, 1.165) is 41.3 Å². The van der Waals surface area contributed by atoms with Crippen molar-refractivity contribution in [1.29, 1.82) is 0 Å². The van der Waals surface area contributed by atoms with Gasteiger partial charge >= 0.3 is 6.03 Å². The zero-order valence-electron chi connectivity index (χ0n) is 19.5. The number of nitrogens with zero attached hydrogens (tertiary/aromatic N) is 1. The van der Waals surface area contributed by atoms with Crippen LogP contribution in [-0.2, 0) is 14.8 Å². The molecule has 0 unspecified atom stereocenters. The number of carbonyl (C=O) groups is 2. The van der Waals surface area contributed by atoms with Crippen LogP contribution < -0.4 is 20.7 Å². The fourth-order valence-corrected chi connectivity index (χ4v) is 7.29. The molecule has 182 valence electrons. The Hall–Kier alpha value is -2.33. The summed E-state index contributed by atoms with van der Waals surface area (Å²) in [6.45, 7) is 0.197. The lowest BCUT2D eigenvalue weighted by Gasteiger charge is -2.56. The summed E-state index contributed by atoms with van der Waals surface area (Å²) < 4.78 is 31.3. The van der Waals surface area contributed by atoms with Gasteiger partial charge in [-0.3, -0.25) is 4.79 Å². The maximum absolute atomic E-state index is 12.5. The van der Waals surface area contributed by atoms with E-state index in [0.29, 0.717) is 5.69 Å². The predicted molar refractivity (Wildman–Crippen MR) is 125 cm³/mol. The lowest BCUT2D eigenvalue weighted by Crippen LogP contribution is -2.61. The Kier molecular flexibility index (Phi) is 6.59. The molecule has 0 heterocycles. The van der Waals surface area contributed by atoms with E-state index in [2.05, 4.69) is 16.0 Å². The summed E-state index contributed by atoms with van der Waals surface area (Å²) in [6, 6.07) is 4.25. The average molecular weight is 479 g/mol. The van der Waals surface area contributed by atoms with E-state index in [-0.39, 0.29) is 41.1 Å². The van der Waals surface area contributed by atoms with Crippen LogP contribution in [-0.4, -0.2) is 58.0 Å². The minimum absolute atomic E-state index is 0.0270. The summed E-state index contributed by atoms with van der Waals surface area (Å²) in [5.41, 5.74) is 0.276. The van der Waals surface area contributed by atoms with Gasteiger partial charge in [-0.05, 0) is 74.5 Å². The van der Waals surface area contributed by atoms with Crippen LogP contribution in [0.2, 0.25) is 0 Å². The normalized spacial score (nSPS) is 27.9. The minimum Gasteiger partial charge on any atom is -0.495 e. The molecule has 0 atom stereocenters. The molecule has 4 aliphatic carbocycles. The molecular weight excluding hydrogens is 444 g/mol. The van der Waals surface area contributed by atoms with Crippen molar-refractivity contribution in [2.24, 2.45) is 17.8 Å². The Morgan fingerprint density at radius 3 is 2.24 bits per heavy atom. The van der Waals surface area contributed by atoms with Gasteiger partial charge in [-0.15, -0.1) is 0 Å². The molecule has 4 fully saturated rings. The quantitative estimate of drug-likeness (QED) is 0.531. The monoisotopic (exact) mass is 478 g/mol. The van der Waals surface area contributed by atoms with Crippen LogP contribution in [0.3, 0.4) is 0 Å². The number of carbonyl (C=O) groups excluding carboxylic acids is 2. The number of sulfonamides is 1. The third-order valence-corrected chi connectivity index (χ3v) is 9.10. The number of rotatable bonds is 8. The number of nitrogens with one attached hydrogen (secondary N) is 3. The zero-order valence-corrected chi connectivity index (χ0v) is 20.3. The molecule has 0 aromatic heterocycles. The van der Waals surface area contributed by atoms with Gasteiger partial charge in [-0.25, -0.2) is 17.5 Å². The second kappa shape index (κ2) is 9.13. The first-order valence-electron chi connectivity index (χ1n) is 11.6. The summed E-state index contributed by atoms with van der Waals surface area (Å²) in [7, 11) is 0.516. The summed E-state index contributed by atoms with van der Waals surface area (Å²) in [6.07, 6.45) is 7.23.